The van der Waals surface area contributed by atoms with Crippen LogP contribution in [-0.4, -0.2) is 37.2 Å². The minimum atomic E-state index is -0.773. The highest BCUT2D eigenvalue weighted by molar-refractivity contribution is 5.71. The van der Waals surface area contributed by atoms with E-state index in [1.807, 2.05) is 0 Å². The van der Waals surface area contributed by atoms with Crippen molar-refractivity contribution in [1.82, 2.24) is 0 Å². The molecule has 0 amide bonds. The first-order valence-electron chi connectivity index (χ1n) is 26.7. The summed E-state index contributed by atoms with van der Waals surface area (Å²) in [6.07, 6.45) is 55.0. The minimum absolute atomic E-state index is 0.0729. The molecule has 0 radical (unpaired) electrons. The summed E-state index contributed by atoms with van der Waals surface area (Å²) in [5, 5.41) is 0. The Balaban J connectivity index is 4.26. The Labute approximate surface area is 373 Å². The zero-order valence-corrected chi connectivity index (χ0v) is 40.5. The van der Waals surface area contributed by atoms with Crippen LogP contribution in [0.5, 0.6) is 0 Å². The summed E-state index contributed by atoms with van der Waals surface area (Å²) in [5.74, 6) is -0.891. The van der Waals surface area contributed by atoms with Gasteiger partial charge in [0.1, 0.15) is 13.2 Å². The van der Waals surface area contributed by atoms with Gasteiger partial charge in [0, 0.05) is 19.3 Å². The van der Waals surface area contributed by atoms with Gasteiger partial charge in [-0.05, 0) is 38.5 Å². The van der Waals surface area contributed by atoms with Crippen LogP contribution in [0.25, 0.3) is 0 Å². The van der Waals surface area contributed by atoms with E-state index < -0.39 is 6.10 Å². The van der Waals surface area contributed by atoms with Gasteiger partial charge in [0.05, 0.1) is 0 Å². The number of allylic oxidation sites excluding steroid dienone is 2. The highest BCUT2D eigenvalue weighted by Gasteiger charge is 2.19. The molecule has 0 aromatic heterocycles. The van der Waals surface area contributed by atoms with Crippen molar-refractivity contribution in [3.8, 4) is 0 Å². The van der Waals surface area contributed by atoms with Crippen LogP contribution >= 0.6 is 0 Å². The predicted molar refractivity (Wildman–Crippen MR) is 256 cm³/mol. The van der Waals surface area contributed by atoms with Crippen LogP contribution in [0.4, 0.5) is 0 Å². The van der Waals surface area contributed by atoms with Gasteiger partial charge >= 0.3 is 17.9 Å². The zero-order chi connectivity index (χ0) is 43.7. The summed E-state index contributed by atoms with van der Waals surface area (Å²) < 4.78 is 16.8. The van der Waals surface area contributed by atoms with Crippen molar-refractivity contribution in [2.75, 3.05) is 13.2 Å². The van der Waals surface area contributed by atoms with Crippen LogP contribution in [-0.2, 0) is 28.6 Å². The van der Waals surface area contributed by atoms with Crippen LogP contribution in [0.1, 0.15) is 297 Å². The van der Waals surface area contributed by atoms with E-state index in [0.717, 1.165) is 57.8 Å². The molecule has 1 unspecified atom stereocenters. The number of unbranched alkanes of at least 4 members (excludes halogenated alkanes) is 36. The second-order valence-corrected chi connectivity index (χ2v) is 18.2. The molecule has 0 rings (SSSR count). The molecule has 0 aliphatic rings. The maximum Gasteiger partial charge on any atom is 0.306 e. The maximum atomic E-state index is 12.8. The summed E-state index contributed by atoms with van der Waals surface area (Å²) >= 11 is 0. The van der Waals surface area contributed by atoms with Gasteiger partial charge in [0.25, 0.3) is 0 Å². The summed E-state index contributed by atoms with van der Waals surface area (Å²) in [4.78, 5) is 37.9. The normalized spacial score (nSPS) is 12.0. The molecule has 0 spiro atoms. The van der Waals surface area contributed by atoms with Gasteiger partial charge in [0.2, 0.25) is 0 Å². The molecule has 1 atom stereocenters. The van der Waals surface area contributed by atoms with Crippen molar-refractivity contribution in [2.24, 2.45) is 0 Å². The highest BCUT2D eigenvalue weighted by Crippen LogP contribution is 2.17. The number of rotatable bonds is 49. The highest BCUT2D eigenvalue weighted by atomic mass is 16.6. The molecule has 6 nitrogen and oxygen atoms in total. The third-order valence-electron chi connectivity index (χ3n) is 12.0. The minimum Gasteiger partial charge on any atom is -0.462 e. The Hall–Kier alpha value is -1.85. The number of carbonyl (C=O) groups is 3. The van der Waals surface area contributed by atoms with Crippen molar-refractivity contribution in [3.63, 3.8) is 0 Å². The van der Waals surface area contributed by atoms with E-state index in [9.17, 15) is 14.4 Å². The molecule has 0 aromatic carbocycles. The first kappa shape index (κ1) is 58.1. The topological polar surface area (TPSA) is 78.9 Å². The van der Waals surface area contributed by atoms with E-state index in [-0.39, 0.29) is 31.1 Å². The summed E-state index contributed by atoms with van der Waals surface area (Å²) in [6.45, 7) is 6.62. The average Bonchev–Trinajstić information content (AvgIpc) is 3.24. The van der Waals surface area contributed by atoms with Crippen LogP contribution < -0.4 is 0 Å². The lowest BCUT2D eigenvalue weighted by Gasteiger charge is -2.18. The Bertz CT molecular complexity index is 931. The van der Waals surface area contributed by atoms with Crippen molar-refractivity contribution >= 4 is 17.9 Å². The van der Waals surface area contributed by atoms with Gasteiger partial charge in [-0.2, -0.15) is 0 Å². The quantitative estimate of drug-likeness (QED) is 0.0263. The second-order valence-electron chi connectivity index (χ2n) is 18.2. The average molecular weight is 847 g/mol. The van der Waals surface area contributed by atoms with E-state index in [1.54, 1.807) is 0 Å². The van der Waals surface area contributed by atoms with Crippen molar-refractivity contribution in [2.45, 2.75) is 303 Å². The molecule has 0 aliphatic heterocycles. The molecule has 354 valence electrons. The van der Waals surface area contributed by atoms with Gasteiger partial charge in [-0.3, -0.25) is 14.4 Å². The smallest absolute Gasteiger partial charge is 0.306 e. The fourth-order valence-electron chi connectivity index (χ4n) is 7.98. The van der Waals surface area contributed by atoms with E-state index in [0.29, 0.717) is 19.3 Å². The lowest BCUT2D eigenvalue weighted by atomic mass is 10.0. The zero-order valence-electron chi connectivity index (χ0n) is 40.5. The fourth-order valence-corrected chi connectivity index (χ4v) is 7.98. The van der Waals surface area contributed by atoms with Crippen LogP contribution in [0.2, 0.25) is 0 Å². The molecule has 0 saturated carbocycles. The summed E-state index contributed by atoms with van der Waals surface area (Å²) in [6, 6.07) is 0. The predicted octanol–water partition coefficient (Wildman–Crippen LogP) is 17.4. The Morgan fingerprint density at radius 2 is 0.567 bits per heavy atom. The first-order chi connectivity index (χ1) is 29.5. The summed E-state index contributed by atoms with van der Waals surface area (Å²) in [5.41, 5.74) is 0. The van der Waals surface area contributed by atoms with Crippen molar-refractivity contribution in [3.05, 3.63) is 12.2 Å². The Morgan fingerprint density at radius 1 is 0.317 bits per heavy atom. The third-order valence-corrected chi connectivity index (χ3v) is 12.0. The maximum absolute atomic E-state index is 12.8. The van der Waals surface area contributed by atoms with Gasteiger partial charge in [0.15, 0.2) is 6.10 Å². The number of hydrogen-bond acceptors (Lipinski definition) is 6. The van der Waals surface area contributed by atoms with E-state index in [1.165, 1.54) is 199 Å². The lowest BCUT2D eigenvalue weighted by Crippen LogP contribution is -2.30. The van der Waals surface area contributed by atoms with Crippen LogP contribution in [0.15, 0.2) is 12.2 Å². The van der Waals surface area contributed by atoms with E-state index >= 15 is 0 Å². The number of esters is 3. The molecule has 0 aromatic rings. The lowest BCUT2D eigenvalue weighted by molar-refractivity contribution is -0.167. The standard InChI is InChI=1S/C54H102O6/c1-4-7-10-13-16-19-21-23-25-27-29-30-32-35-38-41-44-47-53(56)59-50-51(49-58-52(55)46-43-40-37-34-18-15-12-9-6-3)60-54(57)48-45-42-39-36-33-31-28-26-24-22-20-17-14-11-8-5-2/h34,37,51H,4-33,35-36,38-50H2,1-3H3/b37-34-. The molecular formula is C54H102O6. The van der Waals surface area contributed by atoms with Crippen LogP contribution in [0, 0.1) is 0 Å². The molecule has 0 N–H and O–H groups in total. The molecule has 6 heteroatoms. The molecular weight excluding hydrogens is 745 g/mol. The monoisotopic (exact) mass is 847 g/mol. The fraction of sp³-hybridized carbons (Fsp3) is 0.907. The summed E-state index contributed by atoms with van der Waals surface area (Å²) in [7, 11) is 0. The largest absolute Gasteiger partial charge is 0.462 e. The number of hydrogen-bond donors (Lipinski definition) is 0. The molecule has 0 saturated heterocycles. The third kappa shape index (κ3) is 47.2. The number of ether oxygens (including phenoxy) is 3. The number of carbonyl (C=O) groups excluding carboxylic acids is 3. The Morgan fingerprint density at radius 3 is 0.900 bits per heavy atom. The molecule has 0 heterocycles. The Kier molecular flexibility index (Phi) is 48.3. The van der Waals surface area contributed by atoms with Gasteiger partial charge in [-0.1, -0.05) is 251 Å². The second kappa shape index (κ2) is 49.8. The van der Waals surface area contributed by atoms with E-state index in [4.69, 9.17) is 14.2 Å². The van der Waals surface area contributed by atoms with Crippen LogP contribution in [0.3, 0.4) is 0 Å². The van der Waals surface area contributed by atoms with Gasteiger partial charge in [-0.15, -0.1) is 0 Å². The van der Waals surface area contributed by atoms with Gasteiger partial charge < -0.3 is 14.2 Å². The van der Waals surface area contributed by atoms with E-state index in [2.05, 4.69) is 32.9 Å². The van der Waals surface area contributed by atoms with Crippen molar-refractivity contribution in [1.29, 1.82) is 0 Å². The van der Waals surface area contributed by atoms with Crippen molar-refractivity contribution < 1.29 is 28.6 Å². The SMILES string of the molecule is CCCCCC/C=C\CCCC(=O)OCC(COC(=O)CCCCCCCCCCCCCCCCCCC)OC(=O)CCCCCCCCCCCCCCCCCC. The van der Waals surface area contributed by atoms with Gasteiger partial charge in [-0.25, -0.2) is 0 Å². The molecule has 0 bridgehead atoms. The first-order valence-corrected chi connectivity index (χ1v) is 26.7. The molecule has 0 fully saturated rings. The molecule has 0 aliphatic carbocycles. The molecule has 60 heavy (non-hydrogen) atoms.